The smallest absolute Gasteiger partial charge is 0.253 e. The van der Waals surface area contributed by atoms with Crippen molar-refractivity contribution < 1.29 is 9.53 Å². The van der Waals surface area contributed by atoms with Gasteiger partial charge in [-0.05, 0) is 43.9 Å². The zero-order chi connectivity index (χ0) is 16.7. The second-order valence-electron chi connectivity index (χ2n) is 6.69. The molecule has 5 nitrogen and oxygen atoms in total. The third kappa shape index (κ3) is 2.78. The number of hydrogen-bond acceptors (Lipinski definition) is 5. The molecule has 0 N–H and O–H groups in total. The van der Waals surface area contributed by atoms with E-state index in [0.29, 0.717) is 13.2 Å². The topological polar surface area (TPSA) is 45.7 Å². The Morgan fingerprint density at radius 1 is 1.25 bits per heavy atom. The number of carbonyl (C=O) groups excluding carboxylic acids is 1. The zero-order valence-corrected chi connectivity index (χ0v) is 15.1. The molecule has 24 heavy (non-hydrogen) atoms. The second-order valence-corrected chi connectivity index (χ2v) is 7.70. The second kappa shape index (κ2) is 6.33. The fourth-order valence-corrected chi connectivity index (χ4v) is 4.52. The number of ether oxygens (including phenoxy) is 1. The molecule has 0 saturated carbocycles. The molecular formula is C18H23N3O2S. The third-order valence-corrected chi connectivity index (χ3v) is 6.19. The number of aromatic nitrogens is 1. The van der Waals surface area contributed by atoms with Crippen molar-refractivity contribution in [3.8, 4) is 0 Å². The van der Waals surface area contributed by atoms with E-state index in [0.717, 1.165) is 43.1 Å². The maximum Gasteiger partial charge on any atom is 0.253 e. The van der Waals surface area contributed by atoms with Crippen LogP contribution in [-0.4, -0.2) is 54.7 Å². The summed E-state index contributed by atoms with van der Waals surface area (Å²) in [7, 11) is 0. The van der Waals surface area contributed by atoms with Gasteiger partial charge in [-0.3, -0.25) is 4.79 Å². The van der Waals surface area contributed by atoms with Crippen LogP contribution in [0.2, 0.25) is 0 Å². The fraction of sp³-hybridized carbons (Fsp3) is 0.556. The van der Waals surface area contributed by atoms with E-state index in [1.165, 1.54) is 15.8 Å². The molecule has 0 spiro atoms. The number of carbonyl (C=O) groups is 1. The number of anilines is 1. The average Bonchev–Trinajstić information content (AvgIpc) is 3.27. The summed E-state index contributed by atoms with van der Waals surface area (Å²) in [6.07, 6.45) is 1.86. The SMILES string of the molecule is Cc1ccc2sc(N3CCOC(C(=O)N4CCCC4)C3)nc2c1C. The van der Waals surface area contributed by atoms with Crippen LogP contribution < -0.4 is 4.90 Å². The van der Waals surface area contributed by atoms with Gasteiger partial charge in [0.1, 0.15) is 0 Å². The Kier molecular flexibility index (Phi) is 4.18. The number of aryl methyl sites for hydroxylation is 2. The lowest BCUT2D eigenvalue weighted by Gasteiger charge is -2.33. The Morgan fingerprint density at radius 3 is 2.83 bits per heavy atom. The van der Waals surface area contributed by atoms with Gasteiger partial charge < -0.3 is 14.5 Å². The number of fused-ring (bicyclic) bond motifs is 1. The number of amides is 1. The monoisotopic (exact) mass is 345 g/mol. The Balaban J connectivity index is 1.55. The Hall–Kier alpha value is -1.66. The molecule has 3 heterocycles. The molecule has 2 aliphatic heterocycles. The van der Waals surface area contributed by atoms with Gasteiger partial charge in [0.15, 0.2) is 11.2 Å². The zero-order valence-electron chi connectivity index (χ0n) is 14.2. The number of likely N-dealkylation sites (tertiary alicyclic amines) is 1. The van der Waals surface area contributed by atoms with Gasteiger partial charge in [-0.15, -0.1) is 0 Å². The maximum absolute atomic E-state index is 12.6. The summed E-state index contributed by atoms with van der Waals surface area (Å²) < 4.78 is 6.97. The van der Waals surface area contributed by atoms with Gasteiger partial charge in [0.2, 0.25) is 0 Å². The Bertz CT molecular complexity index is 767. The van der Waals surface area contributed by atoms with E-state index in [2.05, 4.69) is 30.9 Å². The minimum Gasteiger partial charge on any atom is -0.365 e. The van der Waals surface area contributed by atoms with Crippen LogP contribution >= 0.6 is 11.3 Å². The molecule has 0 aliphatic carbocycles. The van der Waals surface area contributed by atoms with Gasteiger partial charge in [-0.1, -0.05) is 17.4 Å². The molecule has 2 saturated heterocycles. The van der Waals surface area contributed by atoms with E-state index in [-0.39, 0.29) is 12.0 Å². The highest BCUT2D eigenvalue weighted by Crippen LogP contribution is 2.32. The highest BCUT2D eigenvalue weighted by Gasteiger charge is 2.32. The summed E-state index contributed by atoms with van der Waals surface area (Å²) in [4.78, 5) is 21.6. The number of rotatable bonds is 2. The predicted octanol–water partition coefficient (Wildman–Crippen LogP) is 2.74. The molecule has 0 radical (unpaired) electrons. The van der Waals surface area contributed by atoms with Gasteiger partial charge in [0, 0.05) is 19.6 Å². The van der Waals surface area contributed by atoms with E-state index in [4.69, 9.17) is 9.72 Å². The number of thiazole rings is 1. The predicted molar refractivity (Wildman–Crippen MR) is 96.9 cm³/mol. The molecular weight excluding hydrogens is 322 g/mol. The van der Waals surface area contributed by atoms with Crippen molar-refractivity contribution in [1.82, 2.24) is 9.88 Å². The van der Waals surface area contributed by atoms with Crippen molar-refractivity contribution in [3.63, 3.8) is 0 Å². The van der Waals surface area contributed by atoms with Crippen LogP contribution in [0, 0.1) is 13.8 Å². The van der Waals surface area contributed by atoms with E-state index in [1.54, 1.807) is 11.3 Å². The molecule has 0 bridgehead atoms. The lowest BCUT2D eigenvalue weighted by atomic mass is 10.1. The van der Waals surface area contributed by atoms with Crippen molar-refractivity contribution in [2.75, 3.05) is 37.7 Å². The number of nitrogens with zero attached hydrogens (tertiary/aromatic N) is 3. The molecule has 2 fully saturated rings. The van der Waals surface area contributed by atoms with E-state index in [1.807, 2.05) is 4.90 Å². The van der Waals surface area contributed by atoms with E-state index in [9.17, 15) is 4.79 Å². The minimum atomic E-state index is -0.355. The summed E-state index contributed by atoms with van der Waals surface area (Å²) in [5.41, 5.74) is 3.60. The van der Waals surface area contributed by atoms with Crippen LogP contribution in [0.15, 0.2) is 12.1 Å². The summed E-state index contributed by atoms with van der Waals surface area (Å²) in [6.45, 7) is 7.97. The highest BCUT2D eigenvalue weighted by molar-refractivity contribution is 7.22. The van der Waals surface area contributed by atoms with Gasteiger partial charge in [0.25, 0.3) is 5.91 Å². The largest absolute Gasteiger partial charge is 0.365 e. The molecule has 1 atom stereocenters. The van der Waals surface area contributed by atoms with Crippen LogP contribution in [0.25, 0.3) is 10.2 Å². The lowest BCUT2D eigenvalue weighted by molar-refractivity contribution is -0.143. The number of benzene rings is 1. The summed E-state index contributed by atoms with van der Waals surface area (Å²) >= 11 is 1.71. The summed E-state index contributed by atoms with van der Waals surface area (Å²) in [5, 5.41) is 1.00. The molecule has 2 aliphatic rings. The number of hydrogen-bond donors (Lipinski definition) is 0. The van der Waals surface area contributed by atoms with Gasteiger partial charge >= 0.3 is 0 Å². The first kappa shape index (κ1) is 15.8. The molecule has 1 amide bonds. The number of morpholine rings is 1. The molecule has 6 heteroatoms. The third-order valence-electron chi connectivity index (χ3n) is 5.10. The fourth-order valence-electron chi connectivity index (χ4n) is 3.46. The van der Waals surface area contributed by atoms with E-state index < -0.39 is 0 Å². The quantitative estimate of drug-likeness (QED) is 0.840. The molecule has 1 aromatic heterocycles. The lowest BCUT2D eigenvalue weighted by Crippen LogP contribution is -2.50. The van der Waals surface area contributed by atoms with Gasteiger partial charge in [0.05, 0.1) is 23.4 Å². The van der Waals surface area contributed by atoms with Crippen molar-refractivity contribution in [2.24, 2.45) is 0 Å². The van der Waals surface area contributed by atoms with Crippen molar-refractivity contribution >= 4 is 32.6 Å². The maximum atomic E-state index is 12.6. The van der Waals surface area contributed by atoms with Crippen molar-refractivity contribution in [3.05, 3.63) is 23.3 Å². The molecule has 2 aromatic rings. The van der Waals surface area contributed by atoms with Gasteiger partial charge in [-0.2, -0.15) is 0 Å². The summed E-state index contributed by atoms with van der Waals surface area (Å²) in [6, 6.07) is 4.30. The normalized spacial score (nSPS) is 21.7. The summed E-state index contributed by atoms with van der Waals surface area (Å²) in [5.74, 6) is 0.144. The Morgan fingerprint density at radius 2 is 2.04 bits per heavy atom. The van der Waals surface area contributed by atoms with Crippen LogP contribution in [0.1, 0.15) is 24.0 Å². The molecule has 1 unspecified atom stereocenters. The van der Waals surface area contributed by atoms with Crippen molar-refractivity contribution in [1.29, 1.82) is 0 Å². The Labute approximate surface area is 146 Å². The highest BCUT2D eigenvalue weighted by atomic mass is 32.1. The van der Waals surface area contributed by atoms with Crippen molar-refractivity contribution in [2.45, 2.75) is 32.8 Å². The average molecular weight is 345 g/mol. The first-order chi connectivity index (χ1) is 11.6. The molecule has 128 valence electrons. The van der Waals surface area contributed by atoms with Crippen LogP contribution in [0.4, 0.5) is 5.13 Å². The van der Waals surface area contributed by atoms with Crippen LogP contribution in [0.5, 0.6) is 0 Å². The van der Waals surface area contributed by atoms with E-state index >= 15 is 0 Å². The van der Waals surface area contributed by atoms with Crippen LogP contribution in [-0.2, 0) is 9.53 Å². The standard InChI is InChI=1S/C18H23N3O2S/c1-12-5-6-15-16(13(12)2)19-18(24-15)21-9-10-23-14(11-21)17(22)20-7-3-4-8-20/h5-6,14H,3-4,7-11H2,1-2H3. The first-order valence-electron chi connectivity index (χ1n) is 8.65. The molecule has 1 aromatic carbocycles. The van der Waals surface area contributed by atoms with Crippen LogP contribution in [0.3, 0.4) is 0 Å². The molecule has 4 rings (SSSR count). The minimum absolute atomic E-state index is 0.144. The van der Waals surface area contributed by atoms with Gasteiger partial charge in [-0.25, -0.2) is 4.98 Å². The first-order valence-corrected chi connectivity index (χ1v) is 9.47.